The van der Waals surface area contributed by atoms with Crippen molar-refractivity contribution in [2.75, 3.05) is 0 Å². The monoisotopic (exact) mass is 178 g/mol. The zero-order valence-corrected chi connectivity index (χ0v) is 5.69. The van der Waals surface area contributed by atoms with Gasteiger partial charge in [0.05, 0.1) is 6.42 Å². The van der Waals surface area contributed by atoms with E-state index in [4.69, 9.17) is 23.2 Å². The Morgan fingerprint density at radius 3 is 1.89 bits per heavy atom. The van der Waals surface area contributed by atoms with Crippen LogP contribution in [0.2, 0.25) is 0 Å². The molecule has 0 aliphatic heterocycles. The highest BCUT2D eigenvalue weighted by Crippen LogP contribution is 2.22. The summed E-state index contributed by atoms with van der Waals surface area (Å²) in [5.41, 5.74) is 0. The Bertz CT molecular complexity index is 111. The molecule has 0 N–H and O–H groups in total. The van der Waals surface area contributed by atoms with Crippen LogP contribution in [-0.2, 0) is 0 Å². The van der Waals surface area contributed by atoms with E-state index >= 15 is 0 Å². The van der Waals surface area contributed by atoms with Gasteiger partial charge in [-0.1, -0.05) is 23.2 Å². The normalized spacial score (nSPS) is 11.2. The fourth-order valence-electron chi connectivity index (χ4n) is 0.193. The molecule has 0 saturated heterocycles. The summed E-state index contributed by atoms with van der Waals surface area (Å²) in [6.45, 7) is 0. The van der Waals surface area contributed by atoms with Crippen molar-refractivity contribution in [2.45, 2.75) is 12.6 Å². The zero-order valence-electron chi connectivity index (χ0n) is 4.17. The van der Waals surface area contributed by atoms with Crippen molar-refractivity contribution in [1.29, 1.82) is 0 Å². The number of hydrogen-bond acceptors (Lipinski definition) is 0. The molecule has 0 radical (unpaired) electrons. The Balaban J connectivity index is 3.64. The molecule has 0 aromatic rings. The molecule has 0 unspecified atom stereocenters. The molecular weight excluding hydrogens is 176 g/mol. The Hall–Kier alpha value is 0.110. The van der Waals surface area contributed by atoms with E-state index in [-0.39, 0.29) is 4.49 Å². The van der Waals surface area contributed by atoms with Gasteiger partial charge in [-0.3, -0.25) is 0 Å². The molecule has 0 spiro atoms. The molecule has 0 fully saturated rings. The van der Waals surface area contributed by atoms with Crippen LogP contribution in [0.1, 0.15) is 6.42 Å². The SMILES string of the molecule is FC(F)(F)CC=C(Cl)Cl. The van der Waals surface area contributed by atoms with Gasteiger partial charge in [-0.2, -0.15) is 13.2 Å². The van der Waals surface area contributed by atoms with E-state index in [1.807, 2.05) is 0 Å². The van der Waals surface area contributed by atoms with Crippen LogP contribution in [0, 0.1) is 0 Å². The smallest absolute Gasteiger partial charge is 0.171 e. The van der Waals surface area contributed by atoms with Gasteiger partial charge in [-0.15, -0.1) is 0 Å². The second-order valence-electron chi connectivity index (χ2n) is 1.31. The lowest BCUT2D eigenvalue weighted by molar-refractivity contribution is -0.125. The minimum atomic E-state index is -4.21. The second kappa shape index (κ2) is 3.32. The Morgan fingerprint density at radius 1 is 1.33 bits per heavy atom. The van der Waals surface area contributed by atoms with Crippen LogP contribution in [0.5, 0.6) is 0 Å². The maximum Gasteiger partial charge on any atom is 0.392 e. The minimum absolute atomic E-state index is 0.354. The third-order valence-electron chi connectivity index (χ3n) is 0.488. The molecule has 0 bridgehead atoms. The van der Waals surface area contributed by atoms with Gasteiger partial charge in [0.1, 0.15) is 4.49 Å². The Labute approximate surface area is 60.2 Å². The van der Waals surface area contributed by atoms with Crippen molar-refractivity contribution < 1.29 is 13.2 Å². The summed E-state index contributed by atoms with van der Waals surface area (Å²) in [4.78, 5) is 0. The van der Waals surface area contributed by atoms with Crippen LogP contribution in [0.25, 0.3) is 0 Å². The lowest BCUT2D eigenvalue weighted by Crippen LogP contribution is -2.04. The predicted molar refractivity (Wildman–Crippen MR) is 30.5 cm³/mol. The van der Waals surface area contributed by atoms with E-state index < -0.39 is 12.6 Å². The van der Waals surface area contributed by atoms with Crippen LogP contribution in [0.15, 0.2) is 10.6 Å². The summed E-state index contributed by atoms with van der Waals surface area (Å²) in [5, 5.41) is 0. The lowest BCUT2D eigenvalue weighted by atomic mass is 10.4. The molecule has 9 heavy (non-hydrogen) atoms. The predicted octanol–water partition coefficient (Wildman–Crippen LogP) is 3.26. The second-order valence-corrected chi connectivity index (χ2v) is 2.32. The van der Waals surface area contributed by atoms with Crippen LogP contribution in [0.3, 0.4) is 0 Å². The van der Waals surface area contributed by atoms with Gasteiger partial charge >= 0.3 is 6.18 Å². The molecule has 0 nitrogen and oxygen atoms in total. The number of halogens is 5. The number of allylic oxidation sites excluding steroid dienone is 1. The first-order chi connectivity index (χ1) is 3.92. The number of rotatable bonds is 1. The van der Waals surface area contributed by atoms with Crippen LogP contribution >= 0.6 is 23.2 Å². The molecule has 0 rings (SSSR count). The van der Waals surface area contributed by atoms with Gasteiger partial charge in [0.25, 0.3) is 0 Å². The molecule has 0 aliphatic rings. The van der Waals surface area contributed by atoms with Gasteiger partial charge in [0, 0.05) is 0 Å². The fourth-order valence-corrected chi connectivity index (χ4v) is 0.347. The number of hydrogen-bond donors (Lipinski definition) is 0. The molecule has 0 saturated carbocycles. The van der Waals surface area contributed by atoms with Gasteiger partial charge in [0.2, 0.25) is 0 Å². The highest BCUT2D eigenvalue weighted by molar-refractivity contribution is 6.55. The summed E-state index contributed by atoms with van der Waals surface area (Å²) < 4.78 is 33.4. The summed E-state index contributed by atoms with van der Waals surface area (Å²) in [5.74, 6) is 0. The lowest BCUT2D eigenvalue weighted by Gasteiger charge is -1.99. The van der Waals surface area contributed by atoms with Crippen LogP contribution < -0.4 is 0 Å². The van der Waals surface area contributed by atoms with Gasteiger partial charge in [-0.05, 0) is 6.08 Å². The highest BCUT2D eigenvalue weighted by atomic mass is 35.5. The first kappa shape index (κ1) is 9.11. The van der Waals surface area contributed by atoms with Crippen LogP contribution in [0.4, 0.5) is 13.2 Å². The molecule has 0 atom stereocenters. The average molecular weight is 179 g/mol. The van der Waals surface area contributed by atoms with E-state index in [1.54, 1.807) is 0 Å². The molecule has 0 aliphatic carbocycles. The fraction of sp³-hybridized carbons (Fsp3) is 0.500. The summed E-state index contributed by atoms with van der Waals surface area (Å²) in [6, 6.07) is 0. The Kier molecular flexibility index (Phi) is 3.36. The van der Waals surface area contributed by atoms with Crippen molar-refractivity contribution >= 4 is 23.2 Å². The maximum atomic E-state index is 11.3. The van der Waals surface area contributed by atoms with Gasteiger partial charge in [0.15, 0.2) is 0 Å². The first-order valence-electron chi connectivity index (χ1n) is 2.00. The van der Waals surface area contributed by atoms with E-state index in [1.165, 1.54) is 0 Å². The van der Waals surface area contributed by atoms with Crippen molar-refractivity contribution in [3.05, 3.63) is 10.6 Å². The van der Waals surface area contributed by atoms with E-state index in [9.17, 15) is 13.2 Å². The van der Waals surface area contributed by atoms with E-state index in [0.717, 1.165) is 0 Å². The third-order valence-corrected chi connectivity index (χ3v) is 0.796. The standard InChI is InChI=1S/C4H3Cl2F3/c5-3(6)1-2-4(7,8)9/h1H,2H2. The molecular formula is C4H3Cl2F3. The summed E-state index contributed by atoms with van der Waals surface area (Å²) in [6.07, 6.45) is -4.59. The van der Waals surface area contributed by atoms with E-state index in [2.05, 4.69) is 0 Å². The van der Waals surface area contributed by atoms with Crippen molar-refractivity contribution in [3.8, 4) is 0 Å². The summed E-state index contributed by atoms with van der Waals surface area (Å²) in [7, 11) is 0. The highest BCUT2D eigenvalue weighted by Gasteiger charge is 2.24. The van der Waals surface area contributed by atoms with Crippen molar-refractivity contribution in [2.24, 2.45) is 0 Å². The Morgan fingerprint density at radius 2 is 1.78 bits per heavy atom. The minimum Gasteiger partial charge on any atom is -0.171 e. The van der Waals surface area contributed by atoms with Crippen LogP contribution in [-0.4, -0.2) is 6.18 Å². The quantitative estimate of drug-likeness (QED) is 0.579. The molecule has 0 aromatic carbocycles. The largest absolute Gasteiger partial charge is 0.392 e. The first-order valence-corrected chi connectivity index (χ1v) is 2.75. The van der Waals surface area contributed by atoms with E-state index in [0.29, 0.717) is 6.08 Å². The number of alkyl halides is 3. The average Bonchev–Trinajstić information content (AvgIpc) is 1.59. The molecule has 0 aromatic heterocycles. The molecule has 54 valence electrons. The molecule has 0 amide bonds. The topological polar surface area (TPSA) is 0 Å². The maximum absolute atomic E-state index is 11.3. The van der Waals surface area contributed by atoms with Gasteiger partial charge in [-0.25, -0.2) is 0 Å². The zero-order chi connectivity index (χ0) is 7.49. The van der Waals surface area contributed by atoms with Crippen molar-refractivity contribution in [1.82, 2.24) is 0 Å². The summed E-state index contributed by atoms with van der Waals surface area (Å²) >= 11 is 9.82. The molecule has 5 heteroatoms. The van der Waals surface area contributed by atoms with Crippen molar-refractivity contribution in [3.63, 3.8) is 0 Å². The van der Waals surface area contributed by atoms with Gasteiger partial charge < -0.3 is 0 Å². The molecule has 0 heterocycles. The third kappa shape index (κ3) is 8.11.